The maximum absolute atomic E-state index is 11.6. The molecule has 0 aliphatic carbocycles. The van der Waals surface area contributed by atoms with E-state index >= 15 is 0 Å². The summed E-state index contributed by atoms with van der Waals surface area (Å²) in [5.74, 6) is -0.234. The fraction of sp³-hybridized carbons (Fsp3) is 0.938. The van der Waals surface area contributed by atoms with Crippen LogP contribution in [0.3, 0.4) is 0 Å². The molecule has 0 heterocycles. The van der Waals surface area contributed by atoms with E-state index in [0.717, 1.165) is 0 Å². The van der Waals surface area contributed by atoms with Crippen LogP contribution in [-0.2, 0) is 33.2 Å². The van der Waals surface area contributed by atoms with Crippen molar-refractivity contribution >= 4 is 5.97 Å². The van der Waals surface area contributed by atoms with Crippen molar-refractivity contribution in [2.75, 3.05) is 80.0 Å². The molecule has 0 aliphatic rings. The van der Waals surface area contributed by atoms with Gasteiger partial charge in [0.25, 0.3) is 0 Å². The van der Waals surface area contributed by atoms with Crippen molar-refractivity contribution in [3.8, 4) is 0 Å². The number of carbonyl (C=O) groups is 1. The average molecular weight is 351 g/mol. The molecule has 24 heavy (non-hydrogen) atoms. The van der Waals surface area contributed by atoms with Gasteiger partial charge >= 0.3 is 5.97 Å². The third-order valence-electron chi connectivity index (χ3n) is 3.03. The largest absolute Gasteiger partial charge is 0.463 e. The van der Waals surface area contributed by atoms with Crippen LogP contribution in [0.1, 0.15) is 20.3 Å². The second kappa shape index (κ2) is 18.6. The summed E-state index contributed by atoms with van der Waals surface area (Å²) in [5.41, 5.74) is 0. The summed E-state index contributed by atoms with van der Waals surface area (Å²) in [6.07, 6.45) is 0.320. The Morgan fingerprint density at radius 3 is 1.88 bits per heavy atom. The topological polar surface area (TPSA) is 75.7 Å². The highest BCUT2D eigenvalue weighted by Gasteiger charge is 2.09. The summed E-state index contributed by atoms with van der Waals surface area (Å²) in [6.45, 7) is 9.37. The summed E-state index contributed by atoms with van der Waals surface area (Å²) in [5, 5.41) is 0. The Morgan fingerprint density at radius 1 is 0.792 bits per heavy atom. The molecule has 0 fully saturated rings. The van der Waals surface area contributed by atoms with Crippen LogP contribution in [0.4, 0.5) is 0 Å². The number of hydrogen-bond donors (Lipinski definition) is 0. The van der Waals surface area contributed by atoms with Crippen molar-refractivity contribution in [1.29, 1.82) is 0 Å². The van der Waals surface area contributed by atoms with Gasteiger partial charge < -0.3 is 28.4 Å². The zero-order chi connectivity index (χ0) is 17.9. The van der Waals surface area contributed by atoms with Gasteiger partial charge in [-0.05, 0) is 13.8 Å². The predicted molar refractivity (Wildman–Crippen MR) is 88.8 cm³/mol. The Kier molecular flexibility index (Phi) is 18.0. The van der Waals surface area contributed by atoms with Gasteiger partial charge in [0.05, 0.1) is 26.2 Å². The number of ether oxygens (including phenoxy) is 6. The Bertz CT molecular complexity index is 265. The van der Waals surface area contributed by atoms with Crippen molar-refractivity contribution in [3.63, 3.8) is 0 Å². The third-order valence-corrected chi connectivity index (χ3v) is 3.03. The van der Waals surface area contributed by atoms with Crippen LogP contribution in [0.25, 0.3) is 0 Å². The molecule has 0 aromatic rings. The average Bonchev–Trinajstić information content (AvgIpc) is 2.58. The Labute approximate surface area is 145 Å². The lowest BCUT2D eigenvalue weighted by molar-refractivity contribution is -0.145. The molecule has 0 aromatic carbocycles. The minimum Gasteiger partial charge on any atom is -0.463 e. The van der Waals surface area contributed by atoms with E-state index in [9.17, 15) is 4.79 Å². The second-order valence-corrected chi connectivity index (χ2v) is 4.84. The van der Waals surface area contributed by atoms with Crippen LogP contribution in [0.15, 0.2) is 0 Å². The molecule has 0 radical (unpaired) electrons. The van der Waals surface area contributed by atoms with Gasteiger partial charge in [0, 0.05) is 40.0 Å². The predicted octanol–water partition coefficient (Wildman–Crippen LogP) is 0.889. The number of esters is 1. The highest BCUT2D eigenvalue weighted by molar-refractivity contribution is 5.69. The van der Waals surface area contributed by atoms with E-state index in [1.807, 2.05) is 13.8 Å². The maximum atomic E-state index is 11.6. The standard InChI is InChI=1S/C16H33NO7/c1-4-20-14-22-10-8-17(9-11-23-15-21-5-2)7-6-16(18)24-13-12-19-3/h4-15H2,1-3H3. The van der Waals surface area contributed by atoms with Crippen molar-refractivity contribution in [1.82, 2.24) is 4.90 Å². The summed E-state index contributed by atoms with van der Waals surface area (Å²) in [4.78, 5) is 13.7. The van der Waals surface area contributed by atoms with Gasteiger partial charge in [0.15, 0.2) is 0 Å². The van der Waals surface area contributed by atoms with Gasteiger partial charge in [-0.1, -0.05) is 0 Å². The fourth-order valence-corrected chi connectivity index (χ4v) is 1.69. The zero-order valence-electron chi connectivity index (χ0n) is 15.3. The molecule has 8 heteroatoms. The SMILES string of the molecule is CCOCOCCN(CCOCOCC)CCC(=O)OCCOC. The molecule has 0 bridgehead atoms. The number of methoxy groups -OCH3 is 1. The maximum Gasteiger partial charge on any atom is 0.307 e. The van der Waals surface area contributed by atoms with E-state index in [1.54, 1.807) is 7.11 Å². The van der Waals surface area contributed by atoms with Crippen molar-refractivity contribution in [2.24, 2.45) is 0 Å². The van der Waals surface area contributed by atoms with Crippen LogP contribution in [0.5, 0.6) is 0 Å². The normalized spacial score (nSPS) is 11.2. The molecule has 0 rings (SSSR count). The van der Waals surface area contributed by atoms with Crippen LogP contribution < -0.4 is 0 Å². The van der Waals surface area contributed by atoms with Gasteiger partial charge in [-0.15, -0.1) is 0 Å². The number of carbonyl (C=O) groups excluding carboxylic acids is 1. The van der Waals surface area contributed by atoms with Crippen LogP contribution in [-0.4, -0.2) is 90.8 Å². The summed E-state index contributed by atoms with van der Waals surface area (Å²) < 4.78 is 30.9. The van der Waals surface area contributed by atoms with E-state index in [-0.39, 0.29) is 26.2 Å². The summed E-state index contributed by atoms with van der Waals surface area (Å²) in [7, 11) is 1.57. The molecule has 0 amide bonds. The second-order valence-electron chi connectivity index (χ2n) is 4.84. The first-order valence-electron chi connectivity index (χ1n) is 8.42. The molecular weight excluding hydrogens is 318 g/mol. The van der Waals surface area contributed by atoms with Crippen LogP contribution >= 0.6 is 0 Å². The first kappa shape index (κ1) is 23.2. The molecule has 0 aliphatic heterocycles. The van der Waals surface area contributed by atoms with Gasteiger partial charge in [-0.2, -0.15) is 0 Å². The van der Waals surface area contributed by atoms with Gasteiger partial charge in [0.1, 0.15) is 20.2 Å². The quantitative estimate of drug-likeness (QED) is 0.205. The van der Waals surface area contributed by atoms with E-state index in [1.165, 1.54) is 0 Å². The minimum absolute atomic E-state index is 0.234. The molecule has 0 saturated heterocycles. The molecule has 0 saturated carbocycles. The van der Waals surface area contributed by atoms with Crippen molar-refractivity contribution in [3.05, 3.63) is 0 Å². The molecule has 0 spiro atoms. The van der Waals surface area contributed by atoms with Gasteiger partial charge in [-0.25, -0.2) is 0 Å². The number of hydrogen-bond acceptors (Lipinski definition) is 8. The summed E-state index contributed by atoms with van der Waals surface area (Å²) >= 11 is 0. The smallest absolute Gasteiger partial charge is 0.307 e. The molecule has 0 atom stereocenters. The molecule has 144 valence electrons. The van der Waals surface area contributed by atoms with E-state index < -0.39 is 0 Å². The molecule has 8 nitrogen and oxygen atoms in total. The van der Waals surface area contributed by atoms with Gasteiger partial charge in [0.2, 0.25) is 0 Å². The number of nitrogens with zero attached hydrogens (tertiary/aromatic N) is 1. The molecule has 0 N–H and O–H groups in total. The Morgan fingerprint density at radius 2 is 1.38 bits per heavy atom. The monoisotopic (exact) mass is 351 g/mol. The van der Waals surface area contributed by atoms with Gasteiger partial charge in [-0.3, -0.25) is 9.69 Å². The van der Waals surface area contributed by atoms with Crippen LogP contribution in [0, 0.1) is 0 Å². The molecule has 0 unspecified atom stereocenters. The lowest BCUT2D eigenvalue weighted by Crippen LogP contribution is -2.33. The van der Waals surface area contributed by atoms with E-state index in [0.29, 0.717) is 59.1 Å². The third kappa shape index (κ3) is 16.1. The first-order chi connectivity index (χ1) is 11.7. The lowest BCUT2D eigenvalue weighted by Gasteiger charge is -2.21. The lowest BCUT2D eigenvalue weighted by atomic mass is 10.3. The highest BCUT2D eigenvalue weighted by atomic mass is 16.7. The molecular formula is C16H33NO7. The minimum atomic E-state index is -0.234. The Hall–Kier alpha value is -0.770. The highest BCUT2D eigenvalue weighted by Crippen LogP contribution is 1.96. The summed E-state index contributed by atoms with van der Waals surface area (Å²) in [6, 6.07) is 0. The zero-order valence-corrected chi connectivity index (χ0v) is 15.3. The molecule has 0 aromatic heterocycles. The number of rotatable bonds is 18. The fourth-order valence-electron chi connectivity index (χ4n) is 1.69. The van der Waals surface area contributed by atoms with Crippen molar-refractivity contribution < 1.29 is 33.2 Å². The van der Waals surface area contributed by atoms with Crippen molar-refractivity contribution in [2.45, 2.75) is 20.3 Å². The van der Waals surface area contributed by atoms with E-state index in [2.05, 4.69) is 4.90 Å². The van der Waals surface area contributed by atoms with Crippen LogP contribution in [0.2, 0.25) is 0 Å². The first-order valence-corrected chi connectivity index (χ1v) is 8.42. The van der Waals surface area contributed by atoms with E-state index in [4.69, 9.17) is 28.4 Å². The Balaban J connectivity index is 3.94.